The van der Waals surface area contributed by atoms with E-state index in [0.29, 0.717) is 42.5 Å². The molecule has 0 aliphatic carbocycles. The zero-order chi connectivity index (χ0) is 20.3. The van der Waals surface area contributed by atoms with Crippen molar-refractivity contribution in [1.29, 1.82) is 0 Å². The molecule has 1 spiro atoms. The van der Waals surface area contributed by atoms with Crippen LogP contribution >= 0.6 is 11.8 Å². The Balaban J connectivity index is 1.69. The van der Waals surface area contributed by atoms with Gasteiger partial charge in [0.15, 0.2) is 0 Å². The fraction of sp³-hybridized carbons (Fsp3) is 0.619. The van der Waals surface area contributed by atoms with Gasteiger partial charge in [0.05, 0.1) is 24.7 Å². The number of nitrogens with zero attached hydrogens (tertiary/aromatic N) is 2. The highest BCUT2D eigenvalue weighted by Crippen LogP contribution is 2.44. The summed E-state index contributed by atoms with van der Waals surface area (Å²) >= 11 is 1.88. The second-order valence-corrected chi connectivity index (χ2v) is 9.25. The van der Waals surface area contributed by atoms with Crippen LogP contribution in [0.3, 0.4) is 0 Å². The molecule has 2 heterocycles. The number of piperidine rings is 1. The average Bonchev–Trinajstić information content (AvgIpc) is 3.10. The summed E-state index contributed by atoms with van der Waals surface area (Å²) in [6, 6.07) is 5.27. The zero-order valence-corrected chi connectivity index (χ0v) is 18.0. The summed E-state index contributed by atoms with van der Waals surface area (Å²) in [6.45, 7) is 6.27. The van der Waals surface area contributed by atoms with Gasteiger partial charge in [-0.2, -0.15) is 0 Å². The van der Waals surface area contributed by atoms with Crippen molar-refractivity contribution in [3.63, 3.8) is 0 Å². The summed E-state index contributed by atoms with van der Waals surface area (Å²) in [4.78, 5) is 29.6. The highest BCUT2D eigenvalue weighted by molar-refractivity contribution is 8.00. The third kappa shape index (κ3) is 4.09. The number of ether oxygens (including phenoxy) is 2. The second-order valence-electron chi connectivity index (χ2n) is 7.80. The van der Waals surface area contributed by atoms with E-state index in [1.165, 1.54) is 0 Å². The number of hydrogen-bond acceptors (Lipinski definition) is 5. The quantitative estimate of drug-likeness (QED) is 0.751. The van der Waals surface area contributed by atoms with E-state index in [9.17, 15) is 9.59 Å². The Morgan fingerprint density at radius 1 is 1.14 bits per heavy atom. The summed E-state index contributed by atoms with van der Waals surface area (Å²) in [5.74, 6) is 2.74. The predicted molar refractivity (Wildman–Crippen MR) is 111 cm³/mol. The van der Waals surface area contributed by atoms with Crippen LogP contribution in [0.25, 0.3) is 0 Å². The van der Waals surface area contributed by atoms with E-state index >= 15 is 0 Å². The molecule has 0 bridgehead atoms. The van der Waals surface area contributed by atoms with Gasteiger partial charge in [0.1, 0.15) is 11.5 Å². The van der Waals surface area contributed by atoms with Crippen LogP contribution in [0.2, 0.25) is 0 Å². The second kappa shape index (κ2) is 8.64. The molecule has 1 aromatic rings. The fourth-order valence-corrected chi connectivity index (χ4v) is 5.51. The van der Waals surface area contributed by atoms with Crippen LogP contribution in [0.4, 0.5) is 0 Å². The van der Waals surface area contributed by atoms with Gasteiger partial charge in [0.2, 0.25) is 5.91 Å². The van der Waals surface area contributed by atoms with E-state index in [-0.39, 0.29) is 16.7 Å². The molecule has 2 amide bonds. The van der Waals surface area contributed by atoms with Gasteiger partial charge in [-0.3, -0.25) is 9.59 Å². The molecular formula is C21H30N2O4S. The molecule has 7 heteroatoms. The Labute approximate surface area is 171 Å². The molecule has 0 aromatic heterocycles. The molecule has 0 N–H and O–H groups in total. The first-order valence-corrected chi connectivity index (χ1v) is 10.8. The van der Waals surface area contributed by atoms with Gasteiger partial charge in [-0.25, -0.2) is 0 Å². The molecule has 2 aliphatic heterocycles. The SMILES string of the molecule is COc1ccc(C(=O)N2CCC3(CC2)SCCN3C(=O)CC(C)C)c(OC)c1. The molecule has 0 atom stereocenters. The summed E-state index contributed by atoms with van der Waals surface area (Å²) < 4.78 is 10.6. The van der Waals surface area contributed by atoms with Crippen LogP contribution in [-0.4, -0.2) is 66.1 Å². The molecule has 154 valence electrons. The molecule has 0 unspecified atom stereocenters. The molecule has 2 saturated heterocycles. The molecule has 28 heavy (non-hydrogen) atoms. The summed E-state index contributed by atoms with van der Waals surface area (Å²) in [5, 5.41) is 0. The fourth-order valence-electron chi connectivity index (χ4n) is 4.04. The van der Waals surface area contributed by atoms with Gasteiger partial charge in [-0.05, 0) is 30.9 Å². The number of likely N-dealkylation sites (tertiary alicyclic amines) is 1. The Bertz CT molecular complexity index is 729. The van der Waals surface area contributed by atoms with Gasteiger partial charge in [0, 0.05) is 37.9 Å². The van der Waals surface area contributed by atoms with Gasteiger partial charge in [0.25, 0.3) is 5.91 Å². The highest BCUT2D eigenvalue weighted by Gasteiger charge is 2.46. The van der Waals surface area contributed by atoms with E-state index in [4.69, 9.17) is 9.47 Å². The minimum Gasteiger partial charge on any atom is -0.497 e. The smallest absolute Gasteiger partial charge is 0.257 e. The third-order valence-corrected chi connectivity index (χ3v) is 7.09. The first-order chi connectivity index (χ1) is 13.4. The largest absolute Gasteiger partial charge is 0.497 e. The van der Waals surface area contributed by atoms with Crippen molar-refractivity contribution >= 4 is 23.6 Å². The van der Waals surface area contributed by atoms with Crippen LogP contribution in [0, 0.1) is 5.92 Å². The van der Waals surface area contributed by atoms with Crippen molar-refractivity contribution in [3.05, 3.63) is 23.8 Å². The van der Waals surface area contributed by atoms with Crippen molar-refractivity contribution in [1.82, 2.24) is 9.80 Å². The van der Waals surface area contributed by atoms with Gasteiger partial charge >= 0.3 is 0 Å². The van der Waals surface area contributed by atoms with Crippen molar-refractivity contribution in [2.24, 2.45) is 5.92 Å². The number of carbonyl (C=O) groups excluding carboxylic acids is 2. The Morgan fingerprint density at radius 3 is 2.46 bits per heavy atom. The number of carbonyl (C=O) groups is 2. The summed E-state index contributed by atoms with van der Waals surface area (Å²) in [6.07, 6.45) is 2.21. The van der Waals surface area contributed by atoms with Gasteiger partial charge in [-0.15, -0.1) is 11.8 Å². The van der Waals surface area contributed by atoms with Crippen LogP contribution in [0.5, 0.6) is 11.5 Å². The highest BCUT2D eigenvalue weighted by atomic mass is 32.2. The molecule has 0 radical (unpaired) electrons. The molecule has 2 fully saturated rings. The minimum atomic E-state index is -0.146. The number of hydrogen-bond donors (Lipinski definition) is 0. The lowest BCUT2D eigenvalue weighted by Crippen LogP contribution is -2.53. The van der Waals surface area contributed by atoms with Crippen molar-refractivity contribution in [2.75, 3.05) is 39.6 Å². The van der Waals surface area contributed by atoms with Crippen LogP contribution in [-0.2, 0) is 4.79 Å². The molecule has 0 saturated carbocycles. The number of methoxy groups -OCH3 is 2. The number of benzene rings is 1. The Hall–Kier alpha value is -1.89. The first kappa shape index (κ1) is 20.8. The lowest BCUT2D eigenvalue weighted by Gasteiger charge is -2.44. The summed E-state index contributed by atoms with van der Waals surface area (Å²) in [5.41, 5.74) is 0.547. The van der Waals surface area contributed by atoms with E-state index < -0.39 is 0 Å². The van der Waals surface area contributed by atoms with E-state index in [0.717, 1.165) is 25.1 Å². The van der Waals surface area contributed by atoms with E-state index in [1.807, 2.05) is 16.7 Å². The van der Waals surface area contributed by atoms with Gasteiger partial charge in [-0.1, -0.05) is 13.8 Å². The van der Waals surface area contributed by atoms with Crippen molar-refractivity contribution in [3.8, 4) is 11.5 Å². The molecule has 3 rings (SSSR count). The van der Waals surface area contributed by atoms with Crippen molar-refractivity contribution in [2.45, 2.75) is 38.0 Å². The normalized spacial score (nSPS) is 18.6. The first-order valence-electron chi connectivity index (χ1n) is 9.86. The topological polar surface area (TPSA) is 59.1 Å². The maximum atomic E-state index is 13.1. The molecule has 1 aromatic carbocycles. The molecule has 2 aliphatic rings. The number of rotatable bonds is 5. The number of thioether (sulfide) groups is 1. The van der Waals surface area contributed by atoms with E-state index in [1.54, 1.807) is 32.4 Å². The standard InChI is InChI=1S/C21H30N2O4S/c1-15(2)13-19(24)23-11-12-28-21(23)7-9-22(10-8-21)20(25)17-6-5-16(26-3)14-18(17)27-4/h5-6,14-15H,7-13H2,1-4H3. The van der Waals surface area contributed by atoms with Crippen LogP contribution in [0.1, 0.15) is 43.5 Å². The lowest BCUT2D eigenvalue weighted by atomic mass is 9.99. The zero-order valence-electron chi connectivity index (χ0n) is 17.2. The molecule has 6 nitrogen and oxygen atoms in total. The van der Waals surface area contributed by atoms with Crippen LogP contribution < -0.4 is 9.47 Å². The lowest BCUT2D eigenvalue weighted by molar-refractivity contribution is -0.135. The van der Waals surface area contributed by atoms with E-state index in [2.05, 4.69) is 18.7 Å². The summed E-state index contributed by atoms with van der Waals surface area (Å²) in [7, 11) is 3.15. The minimum absolute atomic E-state index is 0.0302. The number of amides is 2. The predicted octanol–water partition coefficient (Wildman–Crippen LogP) is 3.26. The Kier molecular flexibility index (Phi) is 6.43. The van der Waals surface area contributed by atoms with Crippen LogP contribution in [0.15, 0.2) is 18.2 Å². The Morgan fingerprint density at radius 2 is 1.86 bits per heavy atom. The third-order valence-electron chi connectivity index (χ3n) is 5.53. The monoisotopic (exact) mass is 406 g/mol. The average molecular weight is 407 g/mol. The maximum Gasteiger partial charge on any atom is 0.257 e. The van der Waals surface area contributed by atoms with Gasteiger partial charge < -0.3 is 19.3 Å². The molecular weight excluding hydrogens is 376 g/mol. The van der Waals surface area contributed by atoms with Crippen molar-refractivity contribution < 1.29 is 19.1 Å². The maximum absolute atomic E-state index is 13.1.